The molecule has 48 heavy (non-hydrogen) atoms. The number of phosphoric acid groups is 1. The highest BCUT2D eigenvalue weighted by molar-refractivity contribution is 7.47. The molecule has 9 heteroatoms. The maximum absolute atomic E-state index is 12.8. The minimum absolute atomic E-state index is 0.0550. The van der Waals surface area contributed by atoms with E-state index in [0.29, 0.717) is 17.4 Å². The van der Waals surface area contributed by atoms with Crippen LogP contribution in [0.15, 0.2) is 24.3 Å². The number of nitrogens with zero attached hydrogens (tertiary/aromatic N) is 1. The summed E-state index contributed by atoms with van der Waals surface area (Å²) in [6.07, 6.45) is 35.4. The summed E-state index contributed by atoms with van der Waals surface area (Å²) >= 11 is 0. The van der Waals surface area contributed by atoms with Crippen molar-refractivity contribution in [3.05, 3.63) is 24.3 Å². The van der Waals surface area contributed by atoms with Gasteiger partial charge in [-0.25, -0.2) is 4.57 Å². The van der Waals surface area contributed by atoms with Gasteiger partial charge in [-0.3, -0.25) is 13.8 Å². The van der Waals surface area contributed by atoms with Gasteiger partial charge in [0.2, 0.25) is 5.91 Å². The van der Waals surface area contributed by atoms with E-state index in [0.717, 1.165) is 32.1 Å². The normalized spacial score (nSPS) is 14.9. The van der Waals surface area contributed by atoms with Crippen LogP contribution in [0.5, 0.6) is 0 Å². The summed E-state index contributed by atoms with van der Waals surface area (Å²) in [5.74, 6) is -0.196. The SMILES string of the molecule is CCCCCCCC/C=C/C=C/[C@@H](O)[C@H](COP(=O)(O)OCC[N+](C)(C)C)NC(=O)CCCCCCCCCCCCCCCCCC. The van der Waals surface area contributed by atoms with Crippen LogP contribution in [0.25, 0.3) is 0 Å². The van der Waals surface area contributed by atoms with E-state index in [9.17, 15) is 19.4 Å². The van der Waals surface area contributed by atoms with Crippen molar-refractivity contribution in [1.29, 1.82) is 0 Å². The number of nitrogens with one attached hydrogen (secondary N) is 1. The molecule has 3 N–H and O–H groups in total. The molecule has 0 rings (SSSR count). The number of aliphatic hydroxyl groups excluding tert-OH is 1. The van der Waals surface area contributed by atoms with Crippen LogP contribution in [0.1, 0.15) is 168 Å². The van der Waals surface area contributed by atoms with Gasteiger partial charge in [0, 0.05) is 6.42 Å². The first-order valence-electron chi connectivity index (χ1n) is 19.7. The van der Waals surface area contributed by atoms with E-state index in [1.165, 1.54) is 116 Å². The van der Waals surface area contributed by atoms with Gasteiger partial charge in [-0.2, -0.15) is 0 Å². The fourth-order valence-electron chi connectivity index (χ4n) is 5.51. The number of amides is 1. The van der Waals surface area contributed by atoms with Crippen LogP contribution in [-0.4, -0.2) is 73.4 Å². The largest absolute Gasteiger partial charge is 0.472 e. The quantitative estimate of drug-likeness (QED) is 0.0263. The number of rotatable bonds is 35. The topological polar surface area (TPSA) is 105 Å². The molecule has 1 unspecified atom stereocenters. The maximum Gasteiger partial charge on any atom is 0.472 e. The molecule has 0 aliphatic heterocycles. The van der Waals surface area contributed by atoms with Crippen LogP contribution in [0.2, 0.25) is 0 Å². The number of carbonyl (C=O) groups is 1. The van der Waals surface area contributed by atoms with E-state index in [-0.39, 0.29) is 19.1 Å². The van der Waals surface area contributed by atoms with Crippen LogP contribution in [0, 0.1) is 0 Å². The molecule has 1 amide bonds. The third-order valence-electron chi connectivity index (χ3n) is 8.73. The Morgan fingerprint density at radius 1 is 0.708 bits per heavy atom. The molecule has 0 bridgehead atoms. The highest BCUT2D eigenvalue weighted by Crippen LogP contribution is 2.43. The second-order valence-electron chi connectivity index (χ2n) is 14.7. The van der Waals surface area contributed by atoms with E-state index >= 15 is 0 Å². The molecule has 0 radical (unpaired) electrons. The highest BCUT2D eigenvalue weighted by Gasteiger charge is 2.27. The minimum Gasteiger partial charge on any atom is -0.387 e. The van der Waals surface area contributed by atoms with Crippen LogP contribution in [0.4, 0.5) is 0 Å². The van der Waals surface area contributed by atoms with Crippen molar-refractivity contribution in [2.75, 3.05) is 40.9 Å². The first kappa shape index (κ1) is 47.0. The lowest BCUT2D eigenvalue weighted by atomic mass is 10.0. The number of aliphatic hydroxyl groups is 1. The zero-order chi connectivity index (χ0) is 35.8. The highest BCUT2D eigenvalue weighted by atomic mass is 31.2. The summed E-state index contributed by atoms with van der Waals surface area (Å²) < 4.78 is 23.4. The van der Waals surface area contributed by atoms with Crippen molar-refractivity contribution < 1.29 is 32.9 Å². The predicted octanol–water partition coefficient (Wildman–Crippen LogP) is 10.2. The maximum atomic E-state index is 12.8. The lowest BCUT2D eigenvalue weighted by Gasteiger charge is -2.25. The summed E-state index contributed by atoms with van der Waals surface area (Å²) in [5.41, 5.74) is 0. The Morgan fingerprint density at radius 2 is 1.17 bits per heavy atom. The number of hydrogen-bond donors (Lipinski definition) is 3. The molecule has 0 heterocycles. The van der Waals surface area contributed by atoms with Gasteiger partial charge in [0.05, 0.1) is 39.9 Å². The number of allylic oxidation sites excluding steroid dienone is 3. The summed E-state index contributed by atoms with van der Waals surface area (Å²) in [5, 5.41) is 13.7. The zero-order valence-electron chi connectivity index (χ0n) is 32.0. The number of likely N-dealkylation sites (N-methyl/N-ethyl adjacent to an activating group) is 1. The molecule has 0 aliphatic carbocycles. The van der Waals surface area contributed by atoms with Gasteiger partial charge < -0.3 is 19.8 Å². The number of quaternary nitrogens is 1. The third kappa shape index (κ3) is 33.5. The third-order valence-corrected chi connectivity index (χ3v) is 9.71. The number of carbonyl (C=O) groups excluding carboxylic acids is 1. The molecule has 284 valence electrons. The Morgan fingerprint density at radius 3 is 1.65 bits per heavy atom. The zero-order valence-corrected chi connectivity index (χ0v) is 32.9. The van der Waals surface area contributed by atoms with Crippen LogP contribution < -0.4 is 5.32 Å². The predicted molar refractivity (Wildman–Crippen MR) is 203 cm³/mol. The number of unbranched alkanes of at least 4 members (excludes halogenated alkanes) is 21. The second-order valence-corrected chi connectivity index (χ2v) is 16.2. The molecule has 0 aromatic rings. The van der Waals surface area contributed by atoms with Gasteiger partial charge >= 0.3 is 7.82 Å². The Hall–Kier alpha value is -1.02. The molecule has 0 aliphatic rings. The van der Waals surface area contributed by atoms with Gasteiger partial charge in [0.1, 0.15) is 13.2 Å². The average Bonchev–Trinajstić information content (AvgIpc) is 3.02. The standard InChI is InChI=1S/C39H77N2O6P/c1-6-8-10-12-14-16-18-19-20-21-22-23-25-27-29-31-33-39(43)40-37(36-47-48(44,45)46-35-34-41(3,4)5)38(42)32-30-28-26-24-17-15-13-11-9-7-2/h26,28,30,32,37-38,42H,6-25,27,29,31,33-36H2,1-5H3,(H-,40,43,44,45)/p+1/b28-26+,32-30+/t37-,38+/m0/s1. The fourth-order valence-corrected chi connectivity index (χ4v) is 6.25. The van der Waals surface area contributed by atoms with E-state index in [1.54, 1.807) is 12.2 Å². The monoisotopic (exact) mass is 702 g/mol. The van der Waals surface area contributed by atoms with E-state index in [1.807, 2.05) is 27.2 Å². The van der Waals surface area contributed by atoms with Crippen molar-refractivity contribution in [2.45, 2.75) is 180 Å². The minimum atomic E-state index is -4.34. The van der Waals surface area contributed by atoms with Crippen molar-refractivity contribution in [3.8, 4) is 0 Å². The lowest BCUT2D eigenvalue weighted by Crippen LogP contribution is -2.45. The molecule has 0 aromatic heterocycles. The van der Waals surface area contributed by atoms with Crippen molar-refractivity contribution in [1.82, 2.24) is 5.32 Å². The number of phosphoric ester groups is 1. The van der Waals surface area contributed by atoms with Gasteiger partial charge in [-0.05, 0) is 19.3 Å². The Kier molecular flexibility index (Phi) is 31.2. The van der Waals surface area contributed by atoms with Crippen LogP contribution in [0.3, 0.4) is 0 Å². The molecular weight excluding hydrogens is 623 g/mol. The number of hydrogen-bond acceptors (Lipinski definition) is 5. The molecule has 0 saturated heterocycles. The summed E-state index contributed by atoms with van der Waals surface area (Å²) in [6.45, 7) is 4.74. The van der Waals surface area contributed by atoms with Gasteiger partial charge in [-0.15, -0.1) is 0 Å². The van der Waals surface area contributed by atoms with E-state index < -0.39 is 20.0 Å². The molecule has 0 aromatic carbocycles. The second kappa shape index (κ2) is 31.9. The van der Waals surface area contributed by atoms with E-state index in [4.69, 9.17) is 9.05 Å². The molecule has 0 spiro atoms. The molecule has 3 atom stereocenters. The van der Waals surface area contributed by atoms with Crippen molar-refractivity contribution in [3.63, 3.8) is 0 Å². The van der Waals surface area contributed by atoms with E-state index in [2.05, 4.69) is 25.2 Å². The Labute approximate surface area is 296 Å². The average molecular weight is 702 g/mol. The van der Waals surface area contributed by atoms with Gasteiger partial charge in [0.25, 0.3) is 0 Å². The van der Waals surface area contributed by atoms with Crippen LogP contribution in [-0.2, 0) is 18.4 Å². The smallest absolute Gasteiger partial charge is 0.387 e. The Balaban J connectivity index is 4.48. The lowest BCUT2D eigenvalue weighted by molar-refractivity contribution is -0.870. The summed E-state index contributed by atoms with van der Waals surface area (Å²) in [7, 11) is 1.55. The molecule has 8 nitrogen and oxygen atoms in total. The summed E-state index contributed by atoms with van der Waals surface area (Å²) in [4.78, 5) is 23.0. The van der Waals surface area contributed by atoms with Gasteiger partial charge in [0.15, 0.2) is 0 Å². The summed E-state index contributed by atoms with van der Waals surface area (Å²) in [6, 6.07) is -0.871. The first-order valence-corrected chi connectivity index (χ1v) is 21.2. The fraction of sp³-hybridized carbons (Fsp3) is 0.872. The molecular formula is C39H78N2O6P+. The van der Waals surface area contributed by atoms with Crippen molar-refractivity contribution in [2.24, 2.45) is 0 Å². The van der Waals surface area contributed by atoms with Crippen LogP contribution >= 0.6 is 7.82 Å². The first-order chi connectivity index (χ1) is 23.0. The Bertz CT molecular complexity index is 845. The van der Waals surface area contributed by atoms with Gasteiger partial charge in [-0.1, -0.05) is 167 Å². The van der Waals surface area contributed by atoms with Crippen molar-refractivity contribution >= 4 is 13.7 Å². The molecule has 0 fully saturated rings. The molecule has 0 saturated carbocycles.